The summed E-state index contributed by atoms with van der Waals surface area (Å²) in [5, 5.41) is 0. The fourth-order valence-corrected chi connectivity index (χ4v) is 7.60. The van der Waals surface area contributed by atoms with Crippen molar-refractivity contribution in [3.63, 3.8) is 0 Å². The Morgan fingerprint density at radius 3 is 2.61 bits per heavy atom. The van der Waals surface area contributed by atoms with Crippen molar-refractivity contribution < 1.29 is 18.0 Å². The van der Waals surface area contributed by atoms with E-state index in [0.29, 0.717) is 34.5 Å². The number of thiocarbonyl (C=S) groups is 1. The van der Waals surface area contributed by atoms with Crippen LogP contribution in [0.15, 0.2) is 75.2 Å². The molecule has 1 fully saturated rings. The maximum Gasteiger partial charge on any atom is 0.416 e. The normalized spacial score (nSPS) is 19.9. The molecule has 0 saturated carbocycles. The smallest absolute Gasteiger partial charge is 0.356 e. The van der Waals surface area contributed by atoms with E-state index in [1.807, 2.05) is 22.8 Å². The van der Waals surface area contributed by atoms with E-state index in [9.17, 15) is 22.8 Å². The summed E-state index contributed by atoms with van der Waals surface area (Å²) in [5.74, 6) is 0.133. The van der Waals surface area contributed by atoms with Gasteiger partial charge in [-0.3, -0.25) is 14.5 Å². The fraction of sp³-hybridized carbons (Fsp3) is 0.296. The Kier molecular flexibility index (Phi) is 6.56. The number of anilines is 2. The predicted molar refractivity (Wildman–Crippen MR) is 147 cm³/mol. The van der Waals surface area contributed by atoms with Gasteiger partial charge in [-0.1, -0.05) is 53.9 Å². The summed E-state index contributed by atoms with van der Waals surface area (Å²) in [4.78, 5) is 30.8. The van der Waals surface area contributed by atoms with Gasteiger partial charge in [0.25, 0.3) is 5.56 Å². The third kappa shape index (κ3) is 4.65. The molecule has 1 amide bonds. The number of fused-ring (bicyclic) bond motifs is 6. The summed E-state index contributed by atoms with van der Waals surface area (Å²) in [5.41, 5.74) is 1.03. The lowest BCUT2D eigenvalue weighted by Crippen LogP contribution is -2.48. The van der Waals surface area contributed by atoms with E-state index >= 15 is 0 Å². The number of amides is 1. The van der Waals surface area contributed by atoms with Crippen LogP contribution in [-0.4, -0.2) is 38.5 Å². The number of halogens is 3. The van der Waals surface area contributed by atoms with E-state index < -0.39 is 11.7 Å². The SMILES string of the molecule is O=C(CSC(=S)N1C[C@H]2C[C@H](C1)c1cccc(=O)n1C2)N1c2ccccc2Sc2ccc(C(F)(F)F)cc21. The lowest BCUT2D eigenvalue weighted by Gasteiger charge is -2.43. The van der Waals surface area contributed by atoms with Crippen LogP contribution in [0.3, 0.4) is 0 Å². The molecule has 1 saturated heterocycles. The molecule has 4 heterocycles. The Morgan fingerprint density at radius 1 is 1.00 bits per heavy atom. The molecule has 0 aliphatic carbocycles. The number of para-hydroxylation sites is 1. The molecule has 3 aliphatic rings. The van der Waals surface area contributed by atoms with E-state index in [2.05, 4.69) is 4.90 Å². The van der Waals surface area contributed by atoms with Crippen LogP contribution in [0.25, 0.3) is 0 Å². The highest BCUT2D eigenvalue weighted by Crippen LogP contribution is 2.49. The highest BCUT2D eigenvalue weighted by atomic mass is 32.2. The van der Waals surface area contributed by atoms with E-state index in [1.165, 1.54) is 34.5 Å². The molecule has 196 valence electrons. The molecule has 0 spiro atoms. The number of hydrogen-bond donors (Lipinski definition) is 0. The highest BCUT2D eigenvalue weighted by molar-refractivity contribution is 8.23. The Hall–Kier alpha value is -2.76. The average molecular weight is 574 g/mol. The number of thioether (sulfide) groups is 1. The van der Waals surface area contributed by atoms with Crippen LogP contribution in [0.1, 0.15) is 23.6 Å². The maximum absolute atomic E-state index is 13.6. The first-order valence-corrected chi connectivity index (χ1v) is 14.3. The van der Waals surface area contributed by atoms with Crippen LogP contribution < -0.4 is 10.5 Å². The Morgan fingerprint density at radius 2 is 1.79 bits per heavy atom. The van der Waals surface area contributed by atoms with Gasteiger partial charge in [0.1, 0.15) is 4.32 Å². The molecule has 0 radical (unpaired) electrons. The fourth-order valence-electron chi connectivity index (χ4n) is 5.52. The summed E-state index contributed by atoms with van der Waals surface area (Å²) in [6.45, 7) is 2.02. The number of benzene rings is 2. The van der Waals surface area contributed by atoms with Gasteiger partial charge in [0.2, 0.25) is 5.91 Å². The zero-order valence-corrected chi connectivity index (χ0v) is 22.4. The van der Waals surface area contributed by atoms with E-state index in [1.54, 1.807) is 24.3 Å². The van der Waals surface area contributed by atoms with Gasteiger partial charge in [0.15, 0.2) is 0 Å². The first-order chi connectivity index (χ1) is 18.2. The minimum Gasteiger partial charge on any atom is -0.356 e. The van der Waals surface area contributed by atoms with Gasteiger partial charge in [-0.25, -0.2) is 0 Å². The summed E-state index contributed by atoms with van der Waals surface area (Å²) in [7, 11) is 0. The van der Waals surface area contributed by atoms with E-state index in [4.69, 9.17) is 12.2 Å². The Balaban J connectivity index is 1.21. The molecule has 2 atom stereocenters. The standard InChI is InChI=1S/C27H22F3N3O2S3/c28-27(29,30)18-8-9-23-21(11-18)33(20-4-1-2-6-22(20)38-23)25(35)15-37-26(36)31-12-16-10-17(14-31)19-5-3-7-24(34)32(19)13-16/h1-9,11,16-17H,10,12-15H2/t16-,17-/m1/s1. The van der Waals surface area contributed by atoms with Gasteiger partial charge in [-0.2, -0.15) is 13.2 Å². The number of nitrogens with zero attached hydrogens (tertiary/aromatic N) is 3. The molecule has 11 heteroatoms. The molecule has 2 aromatic carbocycles. The van der Waals surface area contributed by atoms with Crippen LogP contribution in [0.5, 0.6) is 0 Å². The molecule has 2 bridgehead atoms. The molecule has 3 aliphatic heterocycles. The second-order valence-corrected chi connectivity index (χ2v) is 12.3. The van der Waals surface area contributed by atoms with E-state index in [0.717, 1.165) is 29.1 Å². The number of pyridine rings is 1. The van der Waals surface area contributed by atoms with E-state index in [-0.39, 0.29) is 34.7 Å². The van der Waals surface area contributed by atoms with Gasteiger partial charge in [0.05, 0.1) is 22.7 Å². The van der Waals surface area contributed by atoms with Crippen LogP contribution >= 0.6 is 35.7 Å². The van der Waals surface area contributed by atoms with Crippen molar-refractivity contribution in [3.8, 4) is 0 Å². The lowest BCUT2D eigenvalue weighted by atomic mass is 9.83. The van der Waals surface area contributed by atoms with Crippen LogP contribution in [0.2, 0.25) is 0 Å². The van der Waals surface area contributed by atoms with Crippen LogP contribution in [0, 0.1) is 5.92 Å². The minimum absolute atomic E-state index is 0.00457. The quantitative estimate of drug-likeness (QED) is 0.344. The van der Waals surface area contributed by atoms with Crippen molar-refractivity contribution in [1.82, 2.24) is 9.47 Å². The molecule has 6 rings (SSSR count). The third-order valence-electron chi connectivity index (χ3n) is 7.16. The second kappa shape index (κ2) is 9.77. The minimum atomic E-state index is -4.52. The molecule has 1 aromatic heterocycles. The van der Waals surface area contributed by atoms with Crippen LogP contribution in [-0.2, 0) is 17.5 Å². The Labute approximate surface area is 231 Å². The second-order valence-electron chi connectivity index (χ2n) is 9.64. The van der Waals surface area contributed by atoms with Crippen molar-refractivity contribution in [1.29, 1.82) is 0 Å². The molecular formula is C27H22F3N3O2S3. The molecule has 0 unspecified atom stereocenters. The number of carbonyl (C=O) groups excluding carboxylic acids is 1. The first-order valence-electron chi connectivity index (χ1n) is 12.1. The molecule has 0 N–H and O–H groups in total. The number of likely N-dealkylation sites (tertiary alicyclic amines) is 1. The summed E-state index contributed by atoms with van der Waals surface area (Å²) < 4.78 is 42.9. The van der Waals surface area contributed by atoms with Crippen molar-refractivity contribution in [3.05, 3.63) is 82.3 Å². The van der Waals surface area contributed by atoms with Crippen molar-refractivity contribution in [2.75, 3.05) is 23.7 Å². The van der Waals surface area contributed by atoms with Gasteiger partial charge in [-0.15, -0.1) is 0 Å². The number of hydrogen-bond acceptors (Lipinski definition) is 5. The van der Waals surface area contributed by atoms with Gasteiger partial charge in [0, 0.05) is 47.1 Å². The topological polar surface area (TPSA) is 45.6 Å². The van der Waals surface area contributed by atoms with Crippen LogP contribution in [0.4, 0.5) is 24.5 Å². The summed E-state index contributed by atoms with van der Waals surface area (Å²) in [6.07, 6.45) is -3.52. The molecule has 5 nitrogen and oxygen atoms in total. The number of piperidine rings is 1. The number of aromatic nitrogens is 1. The third-order valence-corrected chi connectivity index (χ3v) is 9.80. The van der Waals surface area contributed by atoms with Crippen molar-refractivity contribution in [2.45, 2.75) is 34.9 Å². The van der Waals surface area contributed by atoms with Crippen molar-refractivity contribution in [2.24, 2.45) is 5.92 Å². The highest BCUT2D eigenvalue weighted by Gasteiger charge is 2.37. The van der Waals surface area contributed by atoms with Gasteiger partial charge < -0.3 is 9.47 Å². The Bertz CT molecular complexity index is 1510. The zero-order chi connectivity index (χ0) is 26.6. The molecule has 38 heavy (non-hydrogen) atoms. The number of carbonyl (C=O) groups is 1. The average Bonchev–Trinajstić information content (AvgIpc) is 2.89. The number of rotatable bonds is 2. The predicted octanol–water partition coefficient (Wildman–Crippen LogP) is 6.13. The zero-order valence-electron chi connectivity index (χ0n) is 20.0. The number of alkyl halides is 3. The monoisotopic (exact) mass is 573 g/mol. The van der Waals surface area contributed by atoms with Gasteiger partial charge in [-0.05, 0) is 48.7 Å². The first kappa shape index (κ1) is 25.5. The summed E-state index contributed by atoms with van der Waals surface area (Å²) >= 11 is 8.30. The lowest BCUT2D eigenvalue weighted by molar-refractivity contribution is -0.137. The maximum atomic E-state index is 13.6. The molecular weight excluding hydrogens is 552 g/mol. The van der Waals surface area contributed by atoms with Crippen molar-refractivity contribution >= 4 is 57.3 Å². The summed E-state index contributed by atoms with van der Waals surface area (Å²) in [6, 6.07) is 16.1. The largest absolute Gasteiger partial charge is 0.416 e. The van der Waals surface area contributed by atoms with Gasteiger partial charge >= 0.3 is 6.18 Å². The molecule has 3 aromatic rings.